The second-order valence-corrected chi connectivity index (χ2v) is 5.52. The molecule has 15 heavy (non-hydrogen) atoms. The number of hydrogen-bond donors (Lipinski definition) is 0. The summed E-state index contributed by atoms with van der Waals surface area (Å²) in [6, 6.07) is 6.99. The molecule has 0 saturated heterocycles. The number of benzene rings is 1. The summed E-state index contributed by atoms with van der Waals surface area (Å²) in [5.74, 6) is -0.517. The fraction of sp³-hybridized carbons (Fsp3) is 0.300. The predicted molar refractivity (Wildman–Crippen MR) is 65.4 cm³/mol. The highest BCUT2D eigenvalue weighted by Crippen LogP contribution is 2.33. The first kappa shape index (κ1) is 12.6. The molecule has 0 aliphatic heterocycles. The summed E-state index contributed by atoms with van der Waals surface area (Å²) >= 11 is 16.7. The molecular weight excluding hydrogens is 256 g/mol. The zero-order valence-electron chi connectivity index (χ0n) is 8.30. The number of carbonyl (C=O) groups excluding carboxylic acids is 1. The summed E-state index contributed by atoms with van der Waals surface area (Å²) in [5, 5.41) is 0. The minimum absolute atomic E-state index is 0.405. The maximum atomic E-state index is 11.8. The minimum Gasteiger partial charge on any atom is -0.377 e. The molecule has 0 saturated carbocycles. The van der Waals surface area contributed by atoms with Crippen LogP contribution in [0.4, 0.5) is 5.69 Å². The van der Waals surface area contributed by atoms with Crippen molar-refractivity contribution in [3.63, 3.8) is 0 Å². The number of para-hydroxylation sites is 1. The first-order valence-electron chi connectivity index (χ1n) is 4.22. The van der Waals surface area contributed by atoms with Crippen LogP contribution in [-0.2, 0) is 0 Å². The third kappa shape index (κ3) is 3.00. The van der Waals surface area contributed by atoms with E-state index in [0.717, 1.165) is 5.69 Å². The van der Waals surface area contributed by atoms with Gasteiger partial charge in [-0.15, -0.1) is 0 Å². The normalized spacial score (nSPS) is 11.3. The standard InChI is InChI=1S/C10H10Cl3NO/c1-14(2)8-6-4-3-5-7(8)9(15)10(11,12)13/h3-6H,1-2H3. The quantitative estimate of drug-likeness (QED) is 0.605. The minimum atomic E-state index is -1.91. The van der Waals surface area contributed by atoms with Crippen molar-refractivity contribution in [1.29, 1.82) is 0 Å². The molecule has 0 atom stereocenters. The summed E-state index contributed by atoms with van der Waals surface area (Å²) in [6.45, 7) is 0. The van der Waals surface area contributed by atoms with Gasteiger partial charge in [-0.05, 0) is 12.1 Å². The SMILES string of the molecule is CN(C)c1ccccc1C(=O)C(Cl)(Cl)Cl. The Kier molecular flexibility index (Phi) is 3.87. The largest absolute Gasteiger partial charge is 0.377 e. The Balaban J connectivity index is 3.20. The van der Waals surface area contributed by atoms with Crippen LogP contribution in [0, 0.1) is 0 Å². The van der Waals surface area contributed by atoms with E-state index in [1.807, 2.05) is 20.2 Å². The first-order valence-corrected chi connectivity index (χ1v) is 5.35. The van der Waals surface area contributed by atoms with Gasteiger partial charge in [-0.2, -0.15) is 0 Å². The Bertz CT molecular complexity index is 371. The summed E-state index contributed by atoms with van der Waals surface area (Å²) in [6.07, 6.45) is 0. The van der Waals surface area contributed by atoms with E-state index in [1.54, 1.807) is 23.1 Å². The Hall–Kier alpha value is -0.440. The zero-order valence-corrected chi connectivity index (χ0v) is 10.6. The molecule has 0 aromatic heterocycles. The van der Waals surface area contributed by atoms with Crippen LogP contribution < -0.4 is 4.90 Å². The van der Waals surface area contributed by atoms with E-state index in [9.17, 15) is 4.79 Å². The number of nitrogens with zero attached hydrogens (tertiary/aromatic N) is 1. The molecule has 0 N–H and O–H groups in total. The van der Waals surface area contributed by atoms with Gasteiger partial charge in [-0.3, -0.25) is 4.79 Å². The summed E-state index contributed by atoms with van der Waals surface area (Å²) in [7, 11) is 3.65. The monoisotopic (exact) mass is 265 g/mol. The average molecular weight is 267 g/mol. The van der Waals surface area contributed by atoms with Crippen molar-refractivity contribution < 1.29 is 4.79 Å². The third-order valence-electron chi connectivity index (χ3n) is 1.89. The van der Waals surface area contributed by atoms with Crippen LogP contribution in [-0.4, -0.2) is 23.7 Å². The van der Waals surface area contributed by atoms with Gasteiger partial charge < -0.3 is 4.90 Å². The van der Waals surface area contributed by atoms with Gasteiger partial charge in [0.15, 0.2) is 0 Å². The van der Waals surface area contributed by atoms with Gasteiger partial charge in [-0.1, -0.05) is 46.9 Å². The van der Waals surface area contributed by atoms with Crippen molar-refractivity contribution in [2.24, 2.45) is 0 Å². The van der Waals surface area contributed by atoms with Crippen molar-refractivity contribution in [2.75, 3.05) is 19.0 Å². The van der Waals surface area contributed by atoms with Crippen molar-refractivity contribution in [1.82, 2.24) is 0 Å². The molecular formula is C10H10Cl3NO. The molecule has 2 nitrogen and oxygen atoms in total. The molecule has 0 unspecified atom stereocenters. The number of hydrogen-bond acceptors (Lipinski definition) is 2. The lowest BCUT2D eigenvalue weighted by Crippen LogP contribution is -2.22. The Labute approximate surface area is 104 Å². The van der Waals surface area contributed by atoms with Crippen molar-refractivity contribution >= 4 is 46.3 Å². The van der Waals surface area contributed by atoms with E-state index in [0.29, 0.717) is 5.56 Å². The maximum Gasteiger partial charge on any atom is 0.253 e. The summed E-state index contributed by atoms with van der Waals surface area (Å²) < 4.78 is -1.91. The van der Waals surface area contributed by atoms with Crippen LogP contribution in [0.3, 0.4) is 0 Å². The lowest BCUT2D eigenvalue weighted by atomic mass is 10.1. The second kappa shape index (κ2) is 4.60. The van der Waals surface area contributed by atoms with Gasteiger partial charge in [0.05, 0.1) is 0 Å². The van der Waals surface area contributed by atoms with E-state index in [2.05, 4.69) is 0 Å². The van der Waals surface area contributed by atoms with Crippen LogP contribution in [0.2, 0.25) is 0 Å². The molecule has 0 heterocycles. The maximum absolute atomic E-state index is 11.8. The molecule has 0 radical (unpaired) electrons. The molecule has 0 aliphatic rings. The van der Waals surface area contributed by atoms with Crippen molar-refractivity contribution in [2.45, 2.75) is 3.79 Å². The Morgan fingerprint density at radius 3 is 2.20 bits per heavy atom. The average Bonchev–Trinajstić information content (AvgIpc) is 2.15. The fourth-order valence-corrected chi connectivity index (χ4v) is 1.51. The van der Waals surface area contributed by atoms with Gasteiger partial charge in [0.1, 0.15) is 0 Å². The lowest BCUT2D eigenvalue weighted by molar-refractivity contribution is 0.0997. The highest BCUT2D eigenvalue weighted by atomic mass is 35.6. The summed E-state index contributed by atoms with van der Waals surface area (Å²) in [4.78, 5) is 13.6. The lowest BCUT2D eigenvalue weighted by Gasteiger charge is -2.18. The third-order valence-corrected chi connectivity index (χ3v) is 2.40. The molecule has 5 heteroatoms. The van der Waals surface area contributed by atoms with E-state index >= 15 is 0 Å². The fourth-order valence-electron chi connectivity index (χ4n) is 1.21. The predicted octanol–water partition coefficient (Wildman–Crippen LogP) is 3.31. The molecule has 0 bridgehead atoms. The number of rotatable bonds is 2. The molecule has 0 aliphatic carbocycles. The zero-order chi connectivity index (χ0) is 11.6. The molecule has 0 spiro atoms. The molecule has 0 amide bonds. The first-order chi connectivity index (χ1) is 6.84. The number of ketones is 1. The van der Waals surface area contributed by atoms with E-state index < -0.39 is 9.58 Å². The molecule has 1 aromatic carbocycles. The molecule has 1 rings (SSSR count). The van der Waals surface area contributed by atoms with E-state index in [-0.39, 0.29) is 0 Å². The highest BCUT2D eigenvalue weighted by Gasteiger charge is 2.33. The smallest absolute Gasteiger partial charge is 0.253 e. The number of anilines is 1. The molecule has 0 fully saturated rings. The van der Waals surface area contributed by atoms with Gasteiger partial charge in [0.25, 0.3) is 3.79 Å². The van der Waals surface area contributed by atoms with Crippen molar-refractivity contribution in [3.8, 4) is 0 Å². The molecule has 1 aromatic rings. The van der Waals surface area contributed by atoms with E-state index in [1.165, 1.54) is 0 Å². The highest BCUT2D eigenvalue weighted by molar-refractivity contribution is 6.77. The van der Waals surface area contributed by atoms with Crippen LogP contribution in [0.5, 0.6) is 0 Å². The van der Waals surface area contributed by atoms with Crippen LogP contribution >= 0.6 is 34.8 Å². The van der Waals surface area contributed by atoms with Gasteiger partial charge >= 0.3 is 0 Å². The Morgan fingerprint density at radius 2 is 1.73 bits per heavy atom. The van der Waals surface area contributed by atoms with Crippen LogP contribution in [0.25, 0.3) is 0 Å². The number of Topliss-reactive ketones (excluding diaryl/α,β-unsaturated/α-hetero) is 1. The topological polar surface area (TPSA) is 20.3 Å². The van der Waals surface area contributed by atoms with Crippen LogP contribution in [0.15, 0.2) is 24.3 Å². The Morgan fingerprint density at radius 1 is 1.20 bits per heavy atom. The number of alkyl halides is 3. The van der Waals surface area contributed by atoms with Gasteiger partial charge in [0.2, 0.25) is 5.78 Å². The number of carbonyl (C=O) groups is 1. The second-order valence-electron chi connectivity index (χ2n) is 3.24. The van der Waals surface area contributed by atoms with Gasteiger partial charge in [-0.25, -0.2) is 0 Å². The van der Waals surface area contributed by atoms with Crippen LogP contribution in [0.1, 0.15) is 10.4 Å². The number of halogens is 3. The summed E-state index contributed by atoms with van der Waals surface area (Å²) in [5.41, 5.74) is 1.14. The van der Waals surface area contributed by atoms with Gasteiger partial charge in [0, 0.05) is 25.3 Å². The van der Waals surface area contributed by atoms with Crippen molar-refractivity contribution in [3.05, 3.63) is 29.8 Å². The molecule has 82 valence electrons. The van der Waals surface area contributed by atoms with E-state index in [4.69, 9.17) is 34.8 Å².